The molecule has 1 aliphatic rings. The standard InChI is InChI=1S/C14H12BrFN6O5S/c15-8-5-7(1-2-9(8)16)22-12(20-26-13(22)23)10-11(19-27-18-10)17-6-14(3-4-14)21-28(24)25/h1-2,5,21H,3-4,6H2,(H,17,19)(H,24,25)/p-1. The Kier molecular flexibility index (Phi) is 4.86. The average molecular weight is 474 g/mol. The van der Waals surface area contributed by atoms with Crippen molar-refractivity contribution in [3.63, 3.8) is 0 Å². The fourth-order valence-corrected chi connectivity index (χ4v) is 3.59. The van der Waals surface area contributed by atoms with Gasteiger partial charge in [0, 0.05) is 23.4 Å². The summed E-state index contributed by atoms with van der Waals surface area (Å²) in [7, 11) is 0. The third kappa shape index (κ3) is 3.63. The molecular weight excluding hydrogens is 463 g/mol. The van der Waals surface area contributed by atoms with Crippen molar-refractivity contribution in [3.8, 4) is 17.2 Å². The maximum Gasteiger partial charge on any atom is 0.446 e. The molecule has 0 spiro atoms. The average Bonchev–Trinajstić information content (AvgIpc) is 3.07. The number of nitrogens with zero attached hydrogens (tertiary/aromatic N) is 4. The van der Waals surface area contributed by atoms with Gasteiger partial charge in [0.05, 0.1) is 10.2 Å². The van der Waals surface area contributed by atoms with Gasteiger partial charge in [0.25, 0.3) is 0 Å². The lowest BCUT2D eigenvalue weighted by Gasteiger charge is -2.19. The molecule has 2 N–H and O–H groups in total. The van der Waals surface area contributed by atoms with Gasteiger partial charge in [-0.1, -0.05) is 5.16 Å². The molecule has 0 saturated heterocycles. The molecule has 28 heavy (non-hydrogen) atoms. The largest absolute Gasteiger partial charge is 0.760 e. The minimum absolute atomic E-state index is 0.0162. The number of hydrogen-bond acceptors (Lipinski definition) is 9. The zero-order valence-electron chi connectivity index (χ0n) is 13.8. The maximum atomic E-state index is 13.5. The first kappa shape index (κ1) is 18.9. The summed E-state index contributed by atoms with van der Waals surface area (Å²) in [6.45, 7) is 0.229. The van der Waals surface area contributed by atoms with Gasteiger partial charge in [0.15, 0.2) is 5.69 Å². The highest BCUT2D eigenvalue weighted by atomic mass is 79.9. The van der Waals surface area contributed by atoms with Crippen molar-refractivity contribution in [1.29, 1.82) is 0 Å². The molecule has 148 valence electrons. The van der Waals surface area contributed by atoms with E-state index in [4.69, 9.17) is 9.15 Å². The predicted octanol–water partition coefficient (Wildman–Crippen LogP) is 1.11. The van der Waals surface area contributed by atoms with E-state index < -0.39 is 28.4 Å². The number of aromatic nitrogens is 4. The Morgan fingerprint density at radius 1 is 1.36 bits per heavy atom. The van der Waals surface area contributed by atoms with Crippen molar-refractivity contribution in [2.24, 2.45) is 0 Å². The second-order valence-electron chi connectivity index (χ2n) is 6.14. The van der Waals surface area contributed by atoms with Gasteiger partial charge < -0.3 is 9.87 Å². The van der Waals surface area contributed by atoms with Crippen LogP contribution in [0.2, 0.25) is 0 Å². The Morgan fingerprint density at radius 2 is 2.14 bits per heavy atom. The summed E-state index contributed by atoms with van der Waals surface area (Å²) < 4.78 is 48.4. The first-order valence-electron chi connectivity index (χ1n) is 7.87. The second kappa shape index (κ2) is 7.20. The zero-order chi connectivity index (χ0) is 19.9. The molecule has 0 amide bonds. The highest BCUT2D eigenvalue weighted by Crippen LogP contribution is 2.36. The molecule has 1 aliphatic carbocycles. The van der Waals surface area contributed by atoms with Crippen LogP contribution >= 0.6 is 15.9 Å². The first-order valence-corrected chi connectivity index (χ1v) is 9.73. The van der Waals surface area contributed by atoms with E-state index in [1.165, 1.54) is 18.2 Å². The fraction of sp³-hybridized carbons (Fsp3) is 0.286. The molecule has 1 atom stereocenters. The summed E-state index contributed by atoms with van der Waals surface area (Å²) in [6.07, 6.45) is 1.32. The topological polar surface area (TPSA) is 151 Å². The third-order valence-electron chi connectivity index (χ3n) is 4.21. The van der Waals surface area contributed by atoms with Crippen LogP contribution in [-0.4, -0.2) is 40.9 Å². The van der Waals surface area contributed by atoms with Crippen LogP contribution in [0.5, 0.6) is 0 Å². The monoisotopic (exact) mass is 473 g/mol. The van der Waals surface area contributed by atoms with Gasteiger partial charge in [0.2, 0.25) is 11.6 Å². The summed E-state index contributed by atoms with van der Waals surface area (Å²) in [5.41, 5.74) is -0.246. The second-order valence-corrected chi connectivity index (χ2v) is 7.67. The van der Waals surface area contributed by atoms with Gasteiger partial charge in [-0.3, -0.25) is 8.73 Å². The van der Waals surface area contributed by atoms with Crippen LogP contribution in [0.25, 0.3) is 17.2 Å². The number of halogens is 2. The van der Waals surface area contributed by atoms with Gasteiger partial charge >= 0.3 is 5.76 Å². The molecule has 1 unspecified atom stereocenters. The zero-order valence-corrected chi connectivity index (χ0v) is 16.3. The van der Waals surface area contributed by atoms with Crippen LogP contribution in [0.15, 0.2) is 36.6 Å². The lowest BCUT2D eigenvalue weighted by atomic mass is 10.2. The minimum atomic E-state index is -2.40. The highest BCUT2D eigenvalue weighted by Gasteiger charge is 2.43. The van der Waals surface area contributed by atoms with Gasteiger partial charge in [-0.25, -0.2) is 23.1 Å². The molecule has 0 aliphatic heterocycles. The van der Waals surface area contributed by atoms with Gasteiger partial charge in [-0.2, -0.15) is 0 Å². The van der Waals surface area contributed by atoms with E-state index >= 15 is 0 Å². The van der Waals surface area contributed by atoms with Crippen molar-refractivity contribution in [1.82, 2.24) is 24.8 Å². The number of nitrogens with one attached hydrogen (secondary N) is 2. The molecule has 2 aromatic heterocycles. The van der Waals surface area contributed by atoms with Crippen LogP contribution < -0.4 is 15.8 Å². The van der Waals surface area contributed by atoms with Crippen LogP contribution in [0.3, 0.4) is 0 Å². The summed E-state index contributed by atoms with van der Waals surface area (Å²) >= 11 is 0.661. The molecular formula is C14H11BrFN6O5S-. The summed E-state index contributed by atoms with van der Waals surface area (Å²) in [4.78, 5) is 12.1. The van der Waals surface area contributed by atoms with E-state index in [0.717, 1.165) is 4.57 Å². The van der Waals surface area contributed by atoms with Crippen LogP contribution in [-0.2, 0) is 11.3 Å². The Hall–Kier alpha value is -2.42. The molecule has 0 bridgehead atoms. The third-order valence-corrected chi connectivity index (χ3v) is 5.42. The van der Waals surface area contributed by atoms with Crippen LogP contribution in [0, 0.1) is 5.82 Å². The van der Waals surface area contributed by atoms with E-state index in [0.29, 0.717) is 12.8 Å². The number of rotatable bonds is 7. The maximum absolute atomic E-state index is 13.5. The van der Waals surface area contributed by atoms with Crippen molar-refractivity contribution in [2.75, 3.05) is 11.9 Å². The Labute approximate surface area is 166 Å². The normalized spacial score (nSPS) is 16.1. The summed E-state index contributed by atoms with van der Waals surface area (Å²) in [6, 6.07) is 3.93. The first-order chi connectivity index (χ1) is 13.4. The molecule has 4 rings (SSSR count). The SMILES string of the molecule is O=c1onc(-c2nonc2NCC2(NS(=O)[O-])CC2)n1-c1ccc(F)c(Br)c1. The van der Waals surface area contributed by atoms with E-state index in [1.807, 2.05) is 0 Å². The number of hydrogen-bond donors (Lipinski definition) is 2. The molecule has 3 aromatic rings. The quantitative estimate of drug-likeness (QED) is 0.480. The highest BCUT2D eigenvalue weighted by molar-refractivity contribution is 9.10. The van der Waals surface area contributed by atoms with E-state index in [2.05, 4.69) is 41.4 Å². The molecule has 0 radical (unpaired) electrons. The molecule has 2 heterocycles. The van der Waals surface area contributed by atoms with Crippen LogP contribution in [0.1, 0.15) is 12.8 Å². The molecule has 1 fully saturated rings. The fourth-order valence-electron chi connectivity index (χ4n) is 2.60. The molecule has 11 nitrogen and oxygen atoms in total. The Balaban J connectivity index is 1.65. The summed E-state index contributed by atoms with van der Waals surface area (Å²) in [5.74, 6) is -1.19. The van der Waals surface area contributed by atoms with Crippen LogP contribution in [0.4, 0.5) is 10.2 Å². The predicted molar refractivity (Wildman–Crippen MR) is 95.6 cm³/mol. The van der Waals surface area contributed by atoms with Crippen molar-refractivity contribution in [3.05, 3.63) is 39.0 Å². The van der Waals surface area contributed by atoms with E-state index in [9.17, 15) is 17.9 Å². The van der Waals surface area contributed by atoms with Crippen molar-refractivity contribution < 1.29 is 22.3 Å². The Morgan fingerprint density at radius 3 is 2.82 bits per heavy atom. The molecule has 1 saturated carbocycles. The molecule has 14 heteroatoms. The van der Waals surface area contributed by atoms with Gasteiger partial charge in [-0.05, 0) is 57.3 Å². The lowest BCUT2D eigenvalue weighted by Crippen LogP contribution is -2.39. The van der Waals surface area contributed by atoms with E-state index in [1.54, 1.807) is 0 Å². The minimum Gasteiger partial charge on any atom is -0.760 e. The molecule has 1 aromatic carbocycles. The summed E-state index contributed by atoms with van der Waals surface area (Å²) in [5, 5.41) is 14.1. The lowest BCUT2D eigenvalue weighted by molar-refractivity contribution is 0.309. The smallest absolute Gasteiger partial charge is 0.446 e. The van der Waals surface area contributed by atoms with Crippen molar-refractivity contribution in [2.45, 2.75) is 18.4 Å². The number of anilines is 1. The number of benzene rings is 1. The van der Waals surface area contributed by atoms with Gasteiger partial charge in [0.1, 0.15) is 5.82 Å². The van der Waals surface area contributed by atoms with Crippen molar-refractivity contribution >= 4 is 33.0 Å². The van der Waals surface area contributed by atoms with E-state index in [-0.39, 0.29) is 34.0 Å². The van der Waals surface area contributed by atoms with Gasteiger partial charge in [-0.15, -0.1) is 0 Å². The Bertz CT molecular complexity index is 1110.